The molecule has 0 spiro atoms. The third-order valence-corrected chi connectivity index (χ3v) is 5.57. The van der Waals surface area contributed by atoms with Gasteiger partial charge in [0, 0.05) is 18.3 Å². The summed E-state index contributed by atoms with van der Waals surface area (Å²) in [5.41, 5.74) is 8.26. The van der Waals surface area contributed by atoms with E-state index in [0.29, 0.717) is 19.1 Å². The summed E-state index contributed by atoms with van der Waals surface area (Å²) in [7, 11) is 0. The lowest BCUT2D eigenvalue weighted by Gasteiger charge is -2.30. The van der Waals surface area contributed by atoms with Crippen molar-refractivity contribution in [1.29, 1.82) is 0 Å². The van der Waals surface area contributed by atoms with E-state index in [4.69, 9.17) is 10.5 Å². The molecule has 0 amide bonds. The van der Waals surface area contributed by atoms with Gasteiger partial charge in [-0.1, -0.05) is 43.3 Å². The molecule has 1 unspecified atom stereocenters. The van der Waals surface area contributed by atoms with Crippen molar-refractivity contribution in [2.24, 2.45) is 5.73 Å². The monoisotopic (exact) mass is 354 g/mol. The zero-order valence-corrected chi connectivity index (χ0v) is 15.6. The summed E-state index contributed by atoms with van der Waals surface area (Å²) in [6.07, 6.45) is 7.30. The van der Waals surface area contributed by atoms with E-state index in [1.165, 1.54) is 5.56 Å². The normalized spacial score (nSPS) is 21.5. The molecule has 1 fully saturated rings. The Morgan fingerprint density at radius 1 is 1.12 bits per heavy atom. The van der Waals surface area contributed by atoms with Gasteiger partial charge in [-0.25, -0.2) is 0 Å². The van der Waals surface area contributed by atoms with Crippen LogP contribution in [0.2, 0.25) is 0 Å². The van der Waals surface area contributed by atoms with Gasteiger partial charge in [-0.15, -0.1) is 0 Å². The molecule has 0 radical (unpaired) electrons. The van der Waals surface area contributed by atoms with Gasteiger partial charge in [0.05, 0.1) is 18.8 Å². The van der Waals surface area contributed by atoms with E-state index in [-0.39, 0.29) is 17.7 Å². The number of pyridine rings is 1. The van der Waals surface area contributed by atoms with Crippen LogP contribution in [-0.4, -0.2) is 23.8 Å². The van der Waals surface area contributed by atoms with Crippen LogP contribution in [0.4, 0.5) is 0 Å². The van der Waals surface area contributed by atoms with Gasteiger partial charge in [-0.05, 0) is 49.7 Å². The van der Waals surface area contributed by atoms with E-state index in [1.807, 2.05) is 25.3 Å². The van der Waals surface area contributed by atoms with Gasteiger partial charge in [0.2, 0.25) is 0 Å². The van der Waals surface area contributed by atoms with Crippen LogP contribution >= 0.6 is 0 Å². The van der Waals surface area contributed by atoms with Crippen molar-refractivity contribution in [2.75, 3.05) is 13.2 Å². The summed E-state index contributed by atoms with van der Waals surface area (Å²) in [4.78, 5) is 12.5. The second-order valence-electron chi connectivity index (χ2n) is 7.21. The summed E-state index contributed by atoms with van der Waals surface area (Å²) in [6.45, 7) is 2.91. The highest BCUT2D eigenvalue weighted by molar-refractivity contribution is 5.20. The number of nitrogens with two attached hydrogens (primary N) is 1. The number of aromatic nitrogens is 1. The van der Waals surface area contributed by atoms with Crippen LogP contribution < -0.4 is 11.3 Å². The largest absolute Gasteiger partial charge is 0.376 e. The number of aryl methyl sites for hydroxylation is 1. The molecule has 1 aromatic heterocycles. The first kappa shape index (κ1) is 18.9. The van der Waals surface area contributed by atoms with Gasteiger partial charge in [0.25, 0.3) is 5.56 Å². The lowest BCUT2D eigenvalue weighted by molar-refractivity contribution is 0.00783. The molecule has 2 aromatic rings. The van der Waals surface area contributed by atoms with Crippen LogP contribution in [0.5, 0.6) is 0 Å². The Morgan fingerprint density at radius 2 is 1.85 bits per heavy atom. The highest BCUT2D eigenvalue weighted by atomic mass is 16.5. The van der Waals surface area contributed by atoms with Crippen LogP contribution in [-0.2, 0) is 11.2 Å². The molecule has 2 N–H and O–H groups in total. The Balaban J connectivity index is 1.55. The molecule has 4 nitrogen and oxygen atoms in total. The molecule has 1 atom stereocenters. The van der Waals surface area contributed by atoms with E-state index >= 15 is 0 Å². The predicted molar refractivity (Wildman–Crippen MR) is 106 cm³/mol. The third-order valence-electron chi connectivity index (χ3n) is 5.57. The standard InChI is InChI=1S/C22H30N2O2/c1-2-17-9-6-14-24(22(17)25)20(15-23)16-26-21-12-10-19(11-13-21)18-7-4-3-5-8-18/h3-9,14,19-21H,2,10-13,15-16,23H2,1H3/t19-,20?,21+. The molecule has 1 saturated carbocycles. The van der Waals surface area contributed by atoms with Gasteiger partial charge in [0.1, 0.15) is 0 Å². The number of ether oxygens (including phenoxy) is 1. The fraction of sp³-hybridized carbons (Fsp3) is 0.500. The number of hydrogen-bond acceptors (Lipinski definition) is 3. The van der Waals surface area contributed by atoms with Crippen molar-refractivity contribution in [3.63, 3.8) is 0 Å². The quantitative estimate of drug-likeness (QED) is 0.826. The number of rotatable bonds is 7. The smallest absolute Gasteiger partial charge is 0.254 e. The summed E-state index contributed by atoms with van der Waals surface area (Å²) < 4.78 is 7.91. The summed E-state index contributed by atoms with van der Waals surface area (Å²) in [6, 6.07) is 14.5. The Hall–Kier alpha value is -1.91. The number of hydrogen-bond donors (Lipinski definition) is 1. The second-order valence-corrected chi connectivity index (χ2v) is 7.21. The van der Waals surface area contributed by atoms with Crippen molar-refractivity contribution in [3.05, 3.63) is 70.1 Å². The Kier molecular flexibility index (Phi) is 6.64. The molecular formula is C22H30N2O2. The molecule has 0 saturated heterocycles. The average Bonchev–Trinajstić information content (AvgIpc) is 2.70. The first-order valence-electron chi connectivity index (χ1n) is 9.79. The van der Waals surface area contributed by atoms with Crippen molar-refractivity contribution >= 4 is 0 Å². The molecule has 1 aliphatic carbocycles. The Morgan fingerprint density at radius 3 is 2.50 bits per heavy atom. The van der Waals surface area contributed by atoms with Crippen LogP contribution in [0.15, 0.2) is 53.5 Å². The third kappa shape index (κ3) is 4.43. The maximum absolute atomic E-state index is 12.5. The molecule has 0 bridgehead atoms. The minimum absolute atomic E-state index is 0.0573. The molecule has 0 aliphatic heterocycles. The highest BCUT2D eigenvalue weighted by Gasteiger charge is 2.24. The van der Waals surface area contributed by atoms with Gasteiger partial charge in [0.15, 0.2) is 0 Å². The lowest BCUT2D eigenvalue weighted by Crippen LogP contribution is -2.35. The Bertz CT molecular complexity index is 733. The van der Waals surface area contributed by atoms with E-state index in [9.17, 15) is 4.79 Å². The van der Waals surface area contributed by atoms with Crippen LogP contribution in [0, 0.1) is 0 Å². The fourth-order valence-corrected chi connectivity index (χ4v) is 3.91. The summed E-state index contributed by atoms with van der Waals surface area (Å²) in [5, 5.41) is 0. The van der Waals surface area contributed by atoms with E-state index < -0.39 is 0 Å². The van der Waals surface area contributed by atoms with Gasteiger partial charge >= 0.3 is 0 Å². The lowest BCUT2D eigenvalue weighted by atomic mass is 9.83. The topological polar surface area (TPSA) is 57.2 Å². The number of nitrogens with zero attached hydrogens (tertiary/aromatic N) is 1. The first-order chi connectivity index (χ1) is 12.7. The van der Waals surface area contributed by atoms with Crippen LogP contribution in [0.25, 0.3) is 0 Å². The maximum Gasteiger partial charge on any atom is 0.254 e. The number of benzene rings is 1. The molecule has 4 heteroatoms. The van der Waals surface area contributed by atoms with Crippen LogP contribution in [0.3, 0.4) is 0 Å². The maximum atomic E-state index is 12.5. The predicted octanol–water partition coefficient (Wildman–Crippen LogP) is 3.65. The molecule has 26 heavy (non-hydrogen) atoms. The summed E-state index contributed by atoms with van der Waals surface area (Å²) >= 11 is 0. The van der Waals surface area contributed by atoms with E-state index in [0.717, 1.165) is 37.7 Å². The average molecular weight is 354 g/mol. The molecule has 1 heterocycles. The molecule has 140 valence electrons. The Labute approximate surface area is 156 Å². The van der Waals surface area contributed by atoms with E-state index in [1.54, 1.807) is 4.57 Å². The first-order valence-corrected chi connectivity index (χ1v) is 9.79. The molecule has 1 aromatic carbocycles. The zero-order chi connectivity index (χ0) is 18.4. The second kappa shape index (κ2) is 9.15. The van der Waals surface area contributed by atoms with Crippen molar-refractivity contribution < 1.29 is 4.74 Å². The minimum Gasteiger partial charge on any atom is -0.376 e. The van der Waals surface area contributed by atoms with E-state index in [2.05, 4.69) is 30.3 Å². The molecule has 3 rings (SSSR count). The van der Waals surface area contributed by atoms with Crippen molar-refractivity contribution in [3.8, 4) is 0 Å². The molecular weight excluding hydrogens is 324 g/mol. The van der Waals surface area contributed by atoms with Crippen molar-refractivity contribution in [2.45, 2.75) is 57.1 Å². The summed E-state index contributed by atoms with van der Waals surface area (Å²) in [5.74, 6) is 0.644. The van der Waals surface area contributed by atoms with Gasteiger partial charge in [-0.2, -0.15) is 0 Å². The minimum atomic E-state index is -0.0964. The van der Waals surface area contributed by atoms with Gasteiger partial charge in [-0.3, -0.25) is 4.79 Å². The van der Waals surface area contributed by atoms with Crippen molar-refractivity contribution in [1.82, 2.24) is 4.57 Å². The zero-order valence-electron chi connectivity index (χ0n) is 15.6. The van der Waals surface area contributed by atoms with Gasteiger partial charge < -0.3 is 15.0 Å². The highest BCUT2D eigenvalue weighted by Crippen LogP contribution is 2.34. The SMILES string of the molecule is CCc1cccn(C(CN)CO[C@H]2CC[C@@H](c3ccccc3)CC2)c1=O. The molecule has 1 aliphatic rings. The fourth-order valence-electron chi connectivity index (χ4n) is 3.91. The van der Waals surface area contributed by atoms with Crippen LogP contribution in [0.1, 0.15) is 55.7 Å².